The van der Waals surface area contributed by atoms with Crippen LogP contribution in [0.5, 0.6) is 0 Å². The highest BCUT2D eigenvalue weighted by Crippen LogP contribution is 2.28. The molecule has 0 saturated carbocycles. The number of aryl methyl sites for hydroxylation is 1. The number of nitrogens with one attached hydrogen (secondary N) is 1. The lowest BCUT2D eigenvalue weighted by molar-refractivity contribution is -0.0238. The molecular formula is C19H35NOS. The van der Waals surface area contributed by atoms with E-state index >= 15 is 0 Å². The standard InChI is InChI=1S/C10H13NS.C7H16O.C2H6/c1-4-9(12-3)7-10-8(2)5-6-11-10;1-6(2,3)7(4,5)8;1-2/h4-7,11H,1H2,2-3H3;8H,1-5H3;1-2H3/b9-7+;;. The Morgan fingerprint density at radius 3 is 1.91 bits per heavy atom. The first-order chi connectivity index (χ1) is 10.0. The van der Waals surface area contributed by atoms with Crippen molar-refractivity contribution in [2.45, 2.75) is 61.0 Å². The predicted molar refractivity (Wildman–Crippen MR) is 104 cm³/mol. The first-order valence-electron chi connectivity index (χ1n) is 7.77. The van der Waals surface area contributed by atoms with Crippen LogP contribution in [0.2, 0.25) is 0 Å². The van der Waals surface area contributed by atoms with Crippen molar-refractivity contribution in [3.8, 4) is 0 Å². The molecule has 0 spiro atoms. The van der Waals surface area contributed by atoms with Crippen LogP contribution in [-0.4, -0.2) is 21.9 Å². The molecule has 2 nitrogen and oxygen atoms in total. The van der Waals surface area contributed by atoms with Gasteiger partial charge in [-0.2, -0.15) is 0 Å². The zero-order chi connectivity index (χ0) is 18.0. The summed E-state index contributed by atoms with van der Waals surface area (Å²) in [6, 6.07) is 2.06. The Kier molecular flexibility index (Phi) is 11.4. The first kappa shape index (κ1) is 23.3. The van der Waals surface area contributed by atoms with E-state index in [0.717, 1.165) is 0 Å². The van der Waals surface area contributed by atoms with Gasteiger partial charge < -0.3 is 10.1 Å². The van der Waals surface area contributed by atoms with E-state index < -0.39 is 5.60 Å². The number of rotatable bonds is 3. The molecule has 0 aliphatic rings. The fourth-order valence-corrected chi connectivity index (χ4v) is 1.36. The molecule has 0 aliphatic carbocycles. The zero-order valence-electron chi connectivity index (χ0n) is 15.9. The van der Waals surface area contributed by atoms with Gasteiger partial charge in [0.2, 0.25) is 0 Å². The third-order valence-corrected chi connectivity index (χ3v) is 4.31. The van der Waals surface area contributed by atoms with Crippen LogP contribution in [-0.2, 0) is 0 Å². The molecule has 0 amide bonds. The van der Waals surface area contributed by atoms with Crippen LogP contribution in [0.15, 0.2) is 29.8 Å². The SMILES string of the molecule is C=C/C(=C\c1[nH]ccc1C)SC.CC.CC(C)(C)C(C)(C)O. The molecule has 0 saturated heterocycles. The topological polar surface area (TPSA) is 36.0 Å². The molecule has 0 aliphatic heterocycles. The van der Waals surface area contributed by atoms with E-state index in [2.05, 4.69) is 30.6 Å². The van der Waals surface area contributed by atoms with Gasteiger partial charge in [0.05, 0.1) is 5.60 Å². The molecule has 0 bridgehead atoms. The summed E-state index contributed by atoms with van der Waals surface area (Å²) in [6.07, 6.45) is 7.96. The maximum Gasteiger partial charge on any atom is 0.0639 e. The molecule has 128 valence electrons. The Morgan fingerprint density at radius 2 is 1.68 bits per heavy atom. The summed E-state index contributed by atoms with van der Waals surface area (Å²) in [5, 5.41) is 9.35. The number of aliphatic hydroxyl groups is 1. The number of hydrogen-bond donors (Lipinski definition) is 2. The third kappa shape index (κ3) is 9.16. The van der Waals surface area contributed by atoms with Gasteiger partial charge >= 0.3 is 0 Å². The van der Waals surface area contributed by atoms with Crippen LogP contribution in [0.4, 0.5) is 0 Å². The normalized spacial score (nSPS) is 11.8. The second-order valence-electron chi connectivity index (χ2n) is 6.34. The molecule has 0 radical (unpaired) electrons. The molecule has 1 heterocycles. The van der Waals surface area contributed by atoms with Crippen molar-refractivity contribution < 1.29 is 5.11 Å². The lowest BCUT2D eigenvalue weighted by atomic mass is 9.79. The van der Waals surface area contributed by atoms with Crippen LogP contribution in [0, 0.1) is 12.3 Å². The Labute approximate surface area is 142 Å². The van der Waals surface area contributed by atoms with Crippen LogP contribution in [0.25, 0.3) is 6.08 Å². The average Bonchev–Trinajstić information content (AvgIpc) is 2.82. The van der Waals surface area contributed by atoms with Gasteiger partial charge in [0.1, 0.15) is 0 Å². The van der Waals surface area contributed by atoms with Gasteiger partial charge in [-0.1, -0.05) is 47.3 Å². The van der Waals surface area contributed by atoms with Gasteiger partial charge in [0.15, 0.2) is 0 Å². The molecule has 0 unspecified atom stereocenters. The van der Waals surface area contributed by atoms with E-state index in [0.29, 0.717) is 0 Å². The monoisotopic (exact) mass is 325 g/mol. The Hall–Kier alpha value is -0.930. The summed E-state index contributed by atoms with van der Waals surface area (Å²) in [5.41, 5.74) is 1.86. The fraction of sp³-hybridized carbons (Fsp3) is 0.579. The van der Waals surface area contributed by atoms with Gasteiger partial charge in [-0.15, -0.1) is 11.8 Å². The average molecular weight is 326 g/mol. The van der Waals surface area contributed by atoms with Gasteiger partial charge in [0.25, 0.3) is 0 Å². The predicted octanol–water partition coefficient (Wildman–Crippen LogP) is 6.04. The van der Waals surface area contributed by atoms with Gasteiger partial charge in [-0.05, 0) is 50.1 Å². The first-order valence-corrected chi connectivity index (χ1v) is 9.00. The number of thioether (sulfide) groups is 1. The van der Waals surface area contributed by atoms with Crippen molar-refractivity contribution >= 4 is 17.8 Å². The molecule has 2 N–H and O–H groups in total. The summed E-state index contributed by atoms with van der Waals surface area (Å²) in [7, 11) is 0. The largest absolute Gasteiger partial charge is 0.390 e. The minimum atomic E-state index is -0.562. The number of H-pyrrole nitrogens is 1. The zero-order valence-corrected chi connectivity index (χ0v) is 16.7. The molecule has 3 heteroatoms. The molecular weight excluding hydrogens is 290 g/mol. The molecule has 1 aromatic heterocycles. The Morgan fingerprint density at radius 1 is 1.23 bits per heavy atom. The lowest BCUT2D eigenvalue weighted by Crippen LogP contribution is -2.35. The molecule has 22 heavy (non-hydrogen) atoms. The Balaban J connectivity index is 0. The van der Waals surface area contributed by atoms with E-state index in [1.165, 1.54) is 16.2 Å². The fourth-order valence-electron chi connectivity index (χ4n) is 0.959. The molecule has 0 atom stereocenters. The van der Waals surface area contributed by atoms with E-state index in [-0.39, 0.29) is 5.41 Å². The Bertz CT molecular complexity index is 433. The van der Waals surface area contributed by atoms with E-state index in [4.69, 9.17) is 0 Å². The van der Waals surface area contributed by atoms with Gasteiger partial charge in [0, 0.05) is 16.8 Å². The van der Waals surface area contributed by atoms with Crippen LogP contribution >= 0.6 is 11.8 Å². The van der Waals surface area contributed by atoms with E-state index in [1.807, 2.05) is 67.0 Å². The van der Waals surface area contributed by atoms with Crippen molar-refractivity contribution in [2.75, 3.05) is 6.26 Å². The number of aromatic nitrogens is 1. The van der Waals surface area contributed by atoms with Crippen molar-refractivity contribution in [1.29, 1.82) is 0 Å². The van der Waals surface area contributed by atoms with Gasteiger partial charge in [-0.3, -0.25) is 0 Å². The van der Waals surface area contributed by atoms with Crippen LogP contribution in [0.3, 0.4) is 0 Å². The summed E-state index contributed by atoms with van der Waals surface area (Å²) < 4.78 is 0. The highest BCUT2D eigenvalue weighted by atomic mass is 32.2. The summed E-state index contributed by atoms with van der Waals surface area (Å²) in [5.74, 6) is 0. The maximum absolute atomic E-state index is 9.35. The summed E-state index contributed by atoms with van der Waals surface area (Å²) >= 11 is 1.70. The second-order valence-corrected chi connectivity index (χ2v) is 7.22. The second kappa shape index (κ2) is 10.7. The van der Waals surface area contributed by atoms with Crippen LogP contribution in [0.1, 0.15) is 59.7 Å². The summed E-state index contributed by atoms with van der Waals surface area (Å²) in [4.78, 5) is 4.35. The highest BCUT2D eigenvalue weighted by Gasteiger charge is 2.29. The molecule has 0 aromatic carbocycles. The number of aromatic amines is 1. The summed E-state index contributed by atoms with van der Waals surface area (Å²) in [6.45, 7) is 19.5. The van der Waals surface area contributed by atoms with Crippen molar-refractivity contribution in [3.05, 3.63) is 41.1 Å². The third-order valence-electron chi connectivity index (χ3n) is 3.56. The van der Waals surface area contributed by atoms with E-state index in [1.54, 1.807) is 11.8 Å². The van der Waals surface area contributed by atoms with E-state index in [9.17, 15) is 5.11 Å². The molecule has 1 rings (SSSR count). The minimum absolute atomic E-state index is 0.00694. The number of hydrogen-bond acceptors (Lipinski definition) is 2. The quantitative estimate of drug-likeness (QED) is 0.664. The van der Waals surface area contributed by atoms with Crippen molar-refractivity contribution in [2.24, 2.45) is 5.41 Å². The highest BCUT2D eigenvalue weighted by molar-refractivity contribution is 8.02. The molecule has 0 fully saturated rings. The molecule has 1 aromatic rings. The van der Waals surface area contributed by atoms with Crippen molar-refractivity contribution in [1.82, 2.24) is 4.98 Å². The van der Waals surface area contributed by atoms with Crippen LogP contribution < -0.4 is 0 Å². The van der Waals surface area contributed by atoms with Crippen molar-refractivity contribution in [3.63, 3.8) is 0 Å². The smallest absolute Gasteiger partial charge is 0.0639 e. The minimum Gasteiger partial charge on any atom is -0.390 e. The van der Waals surface area contributed by atoms with Gasteiger partial charge in [-0.25, -0.2) is 0 Å². The number of allylic oxidation sites excluding steroid dienone is 1. The lowest BCUT2D eigenvalue weighted by Gasteiger charge is -2.33. The maximum atomic E-state index is 9.35.